The van der Waals surface area contributed by atoms with E-state index in [0.717, 1.165) is 11.0 Å². The second-order valence-corrected chi connectivity index (χ2v) is 7.69. The monoisotopic (exact) mass is 462 g/mol. The van der Waals surface area contributed by atoms with Gasteiger partial charge in [-0.1, -0.05) is 24.3 Å². The molecule has 1 unspecified atom stereocenters. The first-order valence-electron chi connectivity index (χ1n) is 10.9. The van der Waals surface area contributed by atoms with Crippen LogP contribution in [0.15, 0.2) is 67.8 Å². The van der Waals surface area contributed by atoms with E-state index < -0.39 is 6.04 Å². The Morgan fingerprint density at radius 1 is 1.09 bits per heavy atom. The molecule has 3 rings (SSSR count). The minimum Gasteiger partial charge on any atom is -0.493 e. The lowest BCUT2D eigenvalue weighted by Crippen LogP contribution is -2.35. The molecule has 0 aliphatic rings. The number of amides is 2. The molecule has 1 atom stereocenters. The second kappa shape index (κ2) is 11.2. The molecule has 0 spiro atoms. The lowest BCUT2D eigenvalue weighted by molar-refractivity contribution is -0.130. The van der Waals surface area contributed by atoms with Crippen LogP contribution in [0.1, 0.15) is 29.1 Å². The third kappa shape index (κ3) is 5.28. The van der Waals surface area contributed by atoms with Crippen LogP contribution in [0.5, 0.6) is 11.5 Å². The predicted octanol–water partition coefficient (Wildman–Crippen LogP) is 3.75. The maximum atomic E-state index is 13.1. The lowest BCUT2D eigenvalue weighted by atomic mass is 10.1. The number of hydrogen-bond donors (Lipinski definition) is 1. The van der Waals surface area contributed by atoms with Crippen LogP contribution in [0.25, 0.3) is 11.0 Å². The van der Waals surface area contributed by atoms with Crippen molar-refractivity contribution >= 4 is 22.8 Å². The molecule has 0 bridgehead atoms. The van der Waals surface area contributed by atoms with Gasteiger partial charge in [0.2, 0.25) is 5.91 Å². The number of nitrogens with one attached hydrogen (secondary N) is 1. The zero-order valence-electron chi connectivity index (χ0n) is 19.8. The van der Waals surface area contributed by atoms with E-state index in [0.29, 0.717) is 36.0 Å². The first kappa shape index (κ1) is 24.6. The van der Waals surface area contributed by atoms with Crippen molar-refractivity contribution in [1.29, 1.82) is 0 Å². The van der Waals surface area contributed by atoms with E-state index in [1.165, 1.54) is 14.2 Å². The van der Waals surface area contributed by atoms with Gasteiger partial charge in [0.15, 0.2) is 11.5 Å². The van der Waals surface area contributed by atoms with Crippen molar-refractivity contribution < 1.29 is 19.1 Å². The largest absolute Gasteiger partial charge is 0.493 e. The van der Waals surface area contributed by atoms with Crippen LogP contribution < -0.4 is 14.8 Å². The molecule has 2 aromatic carbocycles. The van der Waals surface area contributed by atoms with E-state index in [2.05, 4.69) is 18.5 Å². The lowest BCUT2D eigenvalue weighted by Gasteiger charge is -2.22. The van der Waals surface area contributed by atoms with Crippen LogP contribution >= 0.6 is 0 Å². The molecule has 0 aliphatic heterocycles. The number of rotatable bonds is 11. The van der Waals surface area contributed by atoms with Crippen LogP contribution in [0.3, 0.4) is 0 Å². The highest BCUT2D eigenvalue weighted by Crippen LogP contribution is 2.28. The van der Waals surface area contributed by atoms with Crippen molar-refractivity contribution in [1.82, 2.24) is 19.8 Å². The Morgan fingerprint density at radius 2 is 1.76 bits per heavy atom. The Hall–Kier alpha value is -4.07. The SMILES string of the molecule is C=CCN(CC=C)C(=O)Cn1c(C(C)NC(=O)c2ccc(OC)c(OC)c2)nc2ccccc21. The maximum absolute atomic E-state index is 13.1. The Kier molecular flexibility index (Phi) is 8.08. The number of hydrogen-bond acceptors (Lipinski definition) is 5. The quantitative estimate of drug-likeness (QED) is 0.439. The van der Waals surface area contributed by atoms with E-state index in [-0.39, 0.29) is 18.4 Å². The third-order valence-corrected chi connectivity index (χ3v) is 5.41. The van der Waals surface area contributed by atoms with Gasteiger partial charge in [0.1, 0.15) is 12.4 Å². The molecule has 1 heterocycles. The molecule has 1 N–H and O–H groups in total. The van der Waals surface area contributed by atoms with Crippen LogP contribution in [0.2, 0.25) is 0 Å². The summed E-state index contributed by atoms with van der Waals surface area (Å²) in [5.41, 5.74) is 1.98. The molecule has 1 aromatic heterocycles. The molecular formula is C26H30N4O4. The van der Waals surface area contributed by atoms with Gasteiger partial charge in [-0.05, 0) is 37.3 Å². The van der Waals surface area contributed by atoms with E-state index >= 15 is 0 Å². The third-order valence-electron chi connectivity index (χ3n) is 5.41. The van der Waals surface area contributed by atoms with Crippen molar-refractivity contribution in [3.05, 3.63) is 79.2 Å². The van der Waals surface area contributed by atoms with Gasteiger partial charge >= 0.3 is 0 Å². The molecule has 0 aliphatic carbocycles. The minimum absolute atomic E-state index is 0.0775. The number of nitrogens with zero attached hydrogens (tertiary/aromatic N) is 3. The Labute approximate surface area is 199 Å². The van der Waals surface area contributed by atoms with Crippen molar-refractivity contribution in [2.45, 2.75) is 19.5 Å². The summed E-state index contributed by atoms with van der Waals surface area (Å²) < 4.78 is 12.4. The molecule has 178 valence electrons. The summed E-state index contributed by atoms with van der Waals surface area (Å²) in [6.07, 6.45) is 3.36. The Bertz CT molecular complexity index is 1190. The number of imidazole rings is 1. The van der Waals surface area contributed by atoms with E-state index in [1.807, 2.05) is 35.8 Å². The van der Waals surface area contributed by atoms with Gasteiger partial charge in [0, 0.05) is 18.7 Å². The van der Waals surface area contributed by atoms with Crippen molar-refractivity contribution in [3.8, 4) is 11.5 Å². The van der Waals surface area contributed by atoms with E-state index in [1.54, 1.807) is 35.3 Å². The van der Waals surface area contributed by atoms with E-state index in [4.69, 9.17) is 14.5 Å². The summed E-state index contributed by atoms with van der Waals surface area (Å²) in [5, 5.41) is 2.98. The molecule has 0 saturated heterocycles. The zero-order valence-corrected chi connectivity index (χ0v) is 19.8. The van der Waals surface area contributed by atoms with Gasteiger partial charge in [0.05, 0.1) is 31.3 Å². The fourth-order valence-electron chi connectivity index (χ4n) is 3.74. The zero-order chi connectivity index (χ0) is 24.7. The van der Waals surface area contributed by atoms with Crippen LogP contribution in [-0.4, -0.2) is 53.6 Å². The van der Waals surface area contributed by atoms with E-state index in [9.17, 15) is 9.59 Å². The molecule has 0 radical (unpaired) electrons. The average Bonchev–Trinajstić information content (AvgIpc) is 3.21. The van der Waals surface area contributed by atoms with Crippen molar-refractivity contribution in [2.24, 2.45) is 0 Å². The van der Waals surface area contributed by atoms with Gasteiger partial charge < -0.3 is 24.3 Å². The van der Waals surface area contributed by atoms with Gasteiger partial charge in [-0.25, -0.2) is 4.98 Å². The molecule has 0 fully saturated rings. The predicted molar refractivity (Wildman–Crippen MR) is 132 cm³/mol. The van der Waals surface area contributed by atoms with Gasteiger partial charge in [0.25, 0.3) is 5.91 Å². The fourth-order valence-corrected chi connectivity index (χ4v) is 3.74. The number of carbonyl (C=O) groups excluding carboxylic acids is 2. The fraction of sp³-hybridized carbons (Fsp3) is 0.269. The van der Waals surface area contributed by atoms with Crippen LogP contribution in [0.4, 0.5) is 0 Å². The summed E-state index contributed by atoms with van der Waals surface area (Å²) in [6.45, 7) is 10.2. The summed E-state index contributed by atoms with van der Waals surface area (Å²) in [5.74, 6) is 1.20. The molecule has 8 heteroatoms. The first-order valence-corrected chi connectivity index (χ1v) is 10.9. The maximum Gasteiger partial charge on any atom is 0.251 e. The van der Waals surface area contributed by atoms with Crippen LogP contribution in [-0.2, 0) is 11.3 Å². The summed E-state index contributed by atoms with van der Waals surface area (Å²) in [6, 6.07) is 12.1. The van der Waals surface area contributed by atoms with Crippen molar-refractivity contribution in [2.75, 3.05) is 27.3 Å². The topological polar surface area (TPSA) is 85.7 Å². The second-order valence-electron chi connectivity index (χ2n) is 7.69. The normalized spacial score (nSPS) is 11.5. The molecule has 3 aromatic rings. The number of para-hydroxylation sites is 2. The number of aromatic nitrogens is 2. The highest BCUT2D eigenvalue weighted by molar-refractivity contribution is 5.95. The highest BCUT2D eigenvalue weighted by Gasteiger charge is 2.22. The number of fused-ring (bicyclic) bond motifs is 1. The van der Waals surface area contributed by atoms with Crippen molar-refractivity contribution in [3.63, 3.8) is 0 Å². The Balaban J connectivity index is 1.90. The van der Waals surface area contributed by atoms with Crippen LogP contribution in [0, 0.1) is 0 Å². The molecular weight excluding hydrogens is 432 g/mol. The smallest absolute Gasteiger partial charge is 0.251 e. The molecule has 0 saturated carbocycles. The first-order chi connectivity index (χ1) is 16.4. The van der Waals surface area contributed by atoms with Gasteiger partial charge in [-0.15, -0.1) is 13.2 Å². The molecule has 2 amide bonds. The number of benzene rings is 2. The molecule has 8 nitrogen and oxygen atoms in total. The van der Waals surface area contributed by atoms with Gasteiger partial charge in [-0.2, -0.15) is 0 Å². The number of carbonyl (C=O) groups is 2. The number of ether oxygens (including phenoxy) is 2. The highest BCUT2D eigenvalue weighted by atomic mass is 16.5. The summed E-state index contributed by atoms with van der Waals surface area (Å²) in [4.78, 5) is 32.4. The Morgan fingerprint density at radius 3 is 2.41 bits per heavy atom. The average molecular weight is 463 g/mol. The standard InChI is InChI=1S/C26H30N4O4/c1-6-14-29(15-7-2)24(31)17-30-21-11-9-8-10-20(21)28-25(30)18(3)27-26(32)19-12-13-22(33-4)23(16-19)34-5/h6-13,16,18H,1-2,14-15,17H2,3-5H3,(H,27,32). The summed E-state index contributed by atoms with van der Waals surface area (Å²) >= 11 is 0. The molecule has 34 heavy (non-hydrogen) atoms. The number of methoxy groups -OCH3 is 2. The van der Waals surface area contributed by atoms with Gasteiger partial charge in [-0.3, -0.25) is 9.59 Å². The summed E-state index contributed by atoms with van der Waals surface area (Å²) in [7, 11) is 3.06. The minimum atomic E-state index is -0.465.